The lowest BCUT2D eigenvalue weighted by Gasteiger charge is -2.12. The molecule has 0 aliphatic rings. The molecular formula is C24H24N4O5. The summed E-state index contributed by atoms with van der Waals surface area (Å²) in [7, 11) is 3.12. The molecule has 0 atom stereocenters. The molecule has 1 aromatic carbocycles. The van der Waals surface area contributed by atoms with Crippen LogP contribution >= 0.6 is 0 Å². The molecule has 0 bridgehead atoms. The van der Waals surface area contributed by atoms with Crippen LogP contribution in [0.3, 0.4) is 0 Å². The molecule has 170 valence electrons. The van der Waals surface area contributed by atoms with Crippen LogP contribution in [0.25, 0.3) is 11.7 Å². The molecule has 0 aliphatic carbocycles. The van der Waals surface area contributed by atoms with E-state index in [0.717, 1.165) is 5.56 Å². The number of pyridine rings is 1. The normalized spacial score (nSPS) is 11.2. The van der Waals surface area contributed by atoms with Gasteiger partial charge in [-0.2, -0.15) is 10.2 Å². The number of methoxy groups -OCH3 is 2. The average molecular weight is 448 g/mol. The van der Waals surface area contributed by atoms with Crippen molar-refractivity contribution in [2.24, 2.45) is 0 Å². The van der Waals surface area contributed by atoms with Gasteiger partial charge >= 0.3 is 0 Å². The fraction of sp³-hybridized carbons (Fsp3) is 0.250. The van der Waals surface area contributed by atoms with E-state index in [4.69, 9.17) is 14.2 Å². The summed E-state index contributed by atoms with van der Waals surface area (Å²) in [6, 6.07) is 12.1. The van der Waals surface area contributed by atoms with E-state index >= 15 is 0 Å². The quantitative estimate of drug-likeness (QED) is 0.304. The monoisotopic (exact) mass is 448 g/mol. The molecular weight excluding hydrogens is 424 g/mol. The predicted molar refractivity (Wildman–Crippen MR) is 122 cm³/mol. The third-order valence-corrected chi connectivity index (χ3v) is 4.79. The number of hydrogen-bond acceptors (Lipinski definition) is 7. The largest absolute Gasteiger partial charge is 0.497 e. The number of amides is 1. The van der Waals surface area contributed by atoms with Gasteiger partial charge in [0.25, 0.3) is 11.5 Å². The number of benzene rings is 1. The molecule has 0 saturated carbocycles. The van der Waals surface area contributed by atoms with Crippen LogP contribution in [0.5, 0.6) is 17.4 Å². The zero-order valence-electron chi connectivity index (χ0n) is 18.6. The number of aromatic nitrogens is 2. The summed E-state index contributed by atoms with van der Waals surface area (Å²) in [5.74, 6) is 0.441. The number of nitrogens with one attached hydrogen (secondary N) is 1. The Morgan fingerprint density at radius 2 is 1.94 bits per heavy atom. The summed E-state index contributed by atoms with van der Waals surface area (Å²) in [5.41, 5.74) is 0.454. The standard InChI is InChI=1S/C24H24N4O5/c1-16-6-4-12-28-21(16)27-23(33-19-9-7-18(32-3)8-10-19)20(24(28)30)14-17(15-25)22(29)26-11-5-13-31-2/h4,6-10,12,14H,5,11,13H2,1-3H3,(H,26,29). The fourth-order valence-corrected chi connectivity index (χ4v) is 3.06. The van der Waals surface area contributed by atoms with E-state index in [1.54, 1.807) is 50.7 Å². The Balaban J connectivity index is 2.07. The van der Waals surface area contributed by atoms with Crippen molar-refractivity contribution in [2.45, 2.75) is 13.3 Å². The number of carbonyl (C=O) groups excluding carboxylic acids is 1. The molecule has 0 fully saturated rings. The van der Waals surface area contributed by atoms with Crippen LogP contribution in [-0.4, -0.2) is 42.7 Å². The van der Waals surface area contributed by atoms with Gasteiger partial charge in [-0.15, -0.1) is 0 Å². The first-order chi connectivity index (χ1) is 16.0. The zero-order valence-corrected chi connectivity index (χ0v) is 18.6. The van der Waals surface area contributed by atoms with Crippen molar-refractivity contribution in [3.8, 4) is 23.4 Å². The number of ether oxygens (including phenoxy) is 3. The lowest BCUT2D eigenvalue weighted by atomic mass is 10.1. The first-order valence-electron chi connectivity index (χ1n) is 10.2. The smallest absolute Gasteiger partial charge is 0.269 e. The van der Waals surface area contributed by atoms with Crippen LogP contribution in [0.4, 0.5) is 0 Å². The molecule has 0 aliphatic heterocycles. The summed E-state index contributed by atoms with van der Waals surface area (Å²) in [6.07, 6.45) is 3.36. The number of rotatable bonds is 9. The second kappa shape index (κ2) is 10.9. The fourth-order valence-electron chi connectivity index (χ4n) is 3.06. The van der Waals surface area contributed by atoms with E-state index in [-0.39, 0.29) is 17.0 Å². The maximum atomic E-state index is 13.3. The molecule has 2 heterocycles. The first kappa shape index (κ1) is 23.5. The molecule has 0 saturated heterocycles. The van der Waals surface area contributed by atoms with Crippen LogP contribution < -0.4 is 20.3 Å². The second-order valence-corrected chi connectivity index (χ2v) is 7.07. The number of hydrogen-bond donors (Lipinski definition) is 1. The predicted octanol–water partition coefficient (Wildman–Crippen LogP) is 2.86. The highest BCUT2D eigenvalue weighted by molar-refractivity contribution is 6.01. The number of nitrogens with zero attached hydrogens (tertiary/aromatic N) is 3. The number of aryl methyl sites for hydroxylation is 1. The molecule has 1 amide bonds. The van der Waals surface area contributed by atoms with E-state index in [1.807, 2.05) is 19.1 Å². The van der Waals surface area contributed by atoms with Gasteiger partial charge in [-0.05, 0) is 55.3 Å². The van der Waals surface area contributed by atoms with E-state index in [9.17, 15) is 14.9 Å². The van der Waals surface area contributed by atoms with Gasteiger partial charge in [0.15, 0.2) is 0 Å². The van der Waals surface area contributed by atoms with Crippen molar-refractivity contribution in [3.05, 3.63) is 69.6 Å². The summed E-state index contributed by atoms with van der Waals surface area (Å²) >= 11 is 0. The van der Waals surface area contributed by atoms with Crippen molar-refractivity contribution in [2.75, 3.05) is 27.4 Å². The second-order valence-electron chi connectivity index (χ2n) is 7.07. The van der Waals surface area contributed by atoms with Crippen LogP contribution in [-0.2, 0) is 9.53 Å². The third-order valence-electron chi connectivity index (χ3n) is 4.79. The maximum Gasteiger partial charge on any atom is 0.269 e. The highest BCUT2D eigenvalue weighted by Gasteiger charge is 2.18. The van der Waals surface area contributed by atoms with Gasteiger partial charge < -0.3 is 19.5 Å². The molecule has 3 rings (SSSR count). The lowest BCUT2D eigenvalue weighted by Crippen LogP contribution is -2.27. The number of carbonyl (C=O) groups is 1. The van der Waals surface area contributed by atoms with Gasteiger partial charge in [0.2, 0.25) is 5.88 Å². The van der Waals surface area contributed by atoms with Gasteiger partial charge in [0, 0.05) is 26.5 Å². The Labute approximate surface area is 190 Å². The summed E-state index contributed by atoms with van der Waals surface area (Å²) in [6.45, 7) is 2.62. The molecule has 1 N–H and O–H groups in total. The molecule has 0 radical (unpaired) electrons. The first-order valence-corrected chi connectivity index (χ1v) is 10.2. The van der Waals surface area contributed by atoms with E-state index in [2.05, 4.69) is 10.3 Å². The van der Waals surface area contributed by atoms with Crippen LogP contribution in [0.15, 0.2) is 53.0 Å². The van der Waals surface area contributed by atoms with Crippen LogP contribution in [0, 0.1) is 18.3 Å². The molecule has 3 aromatic rings. The summed E-state index contributed by atoms with van der Waals surface area (Å²) < 4.78 is 17.4. The maximum absolute atomic E-state index is 13.3. The average Bonchev–Trinajstić information content (AvgIpc) is 2.83. The molecule has 9 heteroatoms. The topological polar surface area (TPSA) is 115 Å². The van der Waals surface area contributed by atoms with Crippen molar-refractivity contribution in [1.29, 1.82) is 5.26 Å². The molecule has 33 heavy (non-hydrogen) atoms. The van der Waals surface area contributed by atoms with E-state index in [0.29, 0.717) is 36.7 Å². The third kappa shape index (κ3) is 5.56. The highest BCUT2D eigenvalue weighted by Crippen LogP contribution is 2.26. The Hall–Kier alpha value is -4.16. The highest BCUT2D eigenvalue weighted by atomic mass is 16.5. The molecule has 9 nitrogen and oxygen atoms in total. The zero-order chi connectivity index (χ0) is 23.8. The van der Waals surface area contributed by atoms with Crippen molar-refractivity contribution >= 4 is 17.6 Å². The number of nitriles is 1. The van der Waals surface area contributed by atoms with E-state index < -0.39 is 11.5 Å². The van der Waals surface area contributed by atoms with Gasteiger partial charge in [-0.1, -0.05) is 6.07 Å². The van der Waals surface area contributed by atoms with Crippen molar-refractivity contribution in [1.82, 2.24) is 14.7 Å². The van der Waals surface area contributed by atoms with Gasteiger partial charge in [0.05, 0.1) is 7.11 Å². The van der Waals surface area contributed by atoms with Crippen LogP contribution in [0.1, 0.15) is 17.5 Å². The number of fused-ring (bicyclic) bond motifs is 1. The van der Waals surface area contributed by atoms with Gasteiger partial charge in [-0.25, -0.2) is 0 Å². The SMILES string of the molecule is COCCCNC(=O)C(C#N)=Cc1c(Oc2ccc(OC)cc2)nc2c(C)cccn2c1=O. The van der Waals surface area contributed by atoms with Gasteiger partial charge in [0.1, 0.15) is 34.4 Å². The minimum atomic E-state index is -0.599. The molecule has 0 unspecified atom stereocenters. The summed E-state index contributed by atoms with van der Waals surface area (Å²) in [5, 5.41) is 12.2. The van der Waals surface area contributed by atoms with Crippen LogP contribution in [0.2, 0.25) is 0 Å². The minimum absolute atomic E-state index is 0.0144. The molecule has 0 spiro atoms. The van der Waals surface area contributed by atoms with Gasteiger partial charge in [-0.3, -0.25) is 14.0 Å². The Morgan fingerprint density at radius 3 is 2.61 bits per heavy atom. The van der Waals surface area contributed by atoms with E-state index in [1.165, 1.54) is 10.5 Å². The Bertz CT molecular complexity index is 1270. The lowest BCUT2D eigenvalue weighted by molar-refractivity contribution is -0.117. The Morgan fingerprint density at radius 1 is 1.21 bits per heavy atom. The molecule has 2 aromatic heterocycles. The van der Waals surface area contributed by atoms with Crippen molar-refractivity contribution in [3.63, 3.8) is 0 Å². The minimum Gasteiger partial charge on any atom is -0.497 e. The summed E-state index contributed by atoms with van der Waals surface area (Å²) in [4.78, 5) is 30.3. The van der Waals surface area contributed by atoms with Crippen molar-refractivity contribution < 1.29 is 19.0 Å². The Kier molecular flexibility index (Phi) is 7.78.